The summed E-state index contributed by atoms with van der Waals surface area (Å²) in [6.45, 7) is 0.743. The van der Waals surface area contributed by atoms with Crippen LogP contribution in [0.25, 0.3) is 0 Å². The van der Waals surface area contributed by atoms with E-state index in [0.717, 1.165) is 37.1 Å². The fraction of sp³-hybridized carbons (Fsp3) is 0.524. The number of benzene rings is 1. The summed E-state index contributed by atoms with van der Waals surface area (Å²) in [4.78, 5) is 50.6. The van der Waals surface area contributed by atoms with Crippen LogP contribution in [-0.4, -0.2) is 54.2 Å². The Kier molecular flexibility index (Phi) is 5.36. The molecule has 2 aliphatic heterocycles. The van der Waals surface area contributed by atoms with Gasteiger partial charge in [0.1, 0.15) is 6.04 Å². The van der Waals surface area contributed by atoms with Crippen LogP contribution in [0.3, 0.4) is 0 Å². The molecule has 29 heavy (non-hydrogen) atoms. The molecule has 154 valence electrons. The third kappa shape index (κ3) is 3.64. The van der Waals surface area contributed by atoms with Gasteiger partial charge in [0.15, 0.2) is 0 Å². The van der Waals surface area contributed by atoms with Crippen molar-refractivity contribution in [2.24, 2.45) is 5.92 Å². The summed E-state index contributed by atoms with van der Waals surface area (Å²) in [6, 6.07) is 4.80. The average molecular weight is 398 g/mol. The average Bonchev–Trinajstić information content (AvgIpc) is 2.98. The molecular formula is C21H26N4O4. The molecule has 2 fully saturated rings. The summed E-state index contributed by atoms with van der Waals surface area (Å²) < 4.78 is 0. The number of anilines is 1. The van der Waals surface area contributed by atoms with Crippen molar-refractivity contribution in [1.82, 2.24) is 15.5 Å². The van der Waals surface area contributed by atoms with Crippen molar-refractivity contribution in [3.63, 3.8) is 0 Å². The van der Waals surface area contributed by atoms with Gasteiger partial charge in [0, 0.05) is 24.7 Å². The first-order chi connectivity index (χ1) is 14.0. The largest absolute Gasteiger partial charge is 0.384 e. The minimum absolute atomic E-state index is 0.115. The molecule has 8 nitrogen and oxygen atoms in total. The van der Waals surface area contributed by atoms with E-state index in [2.05, 4.69) is 16.0 Å². The molecule has 1 saturated carbocycles. The molecule has 3 aliphatic rings. The van der Waals surface area contributed by atoms with Crippen LogP contribution in [0, 0.1) is 5.92 Å². The molecule has 1 unspecified atom stereocenters. The van der Waals surface area contributed by atoms with Crippen LogP contribution in [0.1, 0.15) is 59.2 Å². The lowest BCUT2D eigenvalue weighted by Crippen LogP contribution is -2.54. The van der Waals surface area contributed by atoms with Crippen LogP contribution in [0.4, 0.5) is 5.69 Å². The first-order valence-corrected chi connectivity index (χ1v) is 10.2. The number of amides is 4. The fourth-order valence-electron chi connectivity index (χ4n) is 4.57. The molecule has 2 heterocycles. The first kappa shape index (κ1) is 19.6. The maximum atomic E-state index is 13.1. The zero-order valence-corrected chi connectivity index (χ0v) is 16.5. The minimum Gasteiger partial charge on any atom is -0.384 e. The van der Waals surface area contributed by atoms with E-state index in [1.165, 1.54) is 0 Å². The number of nitrogens with one attached hydrogen (secondary N) is 3. The molecule has 4 rings (SSSR count). The Morgan fingerprint density at radius 1 is 1.03 bits per heavy atom. The second-order valence-corrected chi connectivity index (χ2v) is 8.06. The number of piperidine rings is 1. The van der Waals surface area contributed by atoms with E-state index in [9.17, 15) is 19.2 Å². The third-order valence-corrected chi connectivity index (χ3v) is 6.30. The van der Waals surface area contributed by atoms with Gasteiger partial charge in [-0.25, -0.2) is 0 Å². The smallest absolute Gasteiger partial charge is 0.264 e. The van der Waals surface area contributed by atoms with Gasteiger partial charge in [-0.1, -0.05) is 6.07 Å². The highest BCUT2D eigenvalue weighted by Crippen LogP contribution is 2.33. The Bertz CT molecular complexity index is 860. The standard InChI is InChI=1S/C21H26N4O4/c1-22-13-7-5-12(6-8-13)11-23-15-4-2-3-14-18(15)21(29)25(20(14)28)16-9-10-17(26)24-19(16)27/h2-4,12-13,16,22-23H,5-11H2,1H3,(H,24,26,27)/t12-,13+,16?. The molecular weight excluding hydrogens is 372 g/mol. The SMILES string of the molecule is CN[C@H]1CC[C@@H](CNc2cccc3c2C(=O)N(C2CCC(=O)NC2=O)C3=O)CC1. The number of hydrogen-bond donors (Lipinski definition) is 3. The van der Waals surface area contributed by atoms with Gasteiger partial charge in [-0.2, -0.15) is 0 Å². The van der Waals surface area contributed by atoms with Crippen molar-refractivity contribution >= 4 is 29.3 Å². The van der Waals surface area contributed by atoms with E-state index in [4.69, 9.17) is 0 Å². The molecule has 1 aromatic carbocycles. The molecule has 8 heteroatoms. The zero-order valence-electron chi connectivity index (χ0n) is 16.5. The quantitative estimate of drug-likeness (QED) is 0.645. The van der Waals surface area contributed by atoms with Gasteiger partial charge < -0.3 is 10.6 Å². The summed E-state index contributed by atoms with van der Waals surface area (Å²) in [6.07, 6.45) is 4.77. The number of carbonyl (C=O) groups is 4. The third-order valence-electron chi connectivity index (χ3n) is 6.30. The number of nitrogens with zero attached hydrogens (tertiary/aromatic N) is 1. The predicted molar refractivity (Wildman–Crippen MR) is 106 cm³/mol. The van der Waals surface area contributed by atoms with Gasteiger partial charge in [-0.05, 0) is 57.2 Å². The van der Waals surface area contributed by atoms with Gasteiger partial charge in [0.05, 0.1) is 11.1 Å². The van der Waals surface area contributed by atoms with Crippen LogP contribution < -0.4 is 16.0 Å². The van der Waals surface area contributed by atoms with Gasteiger partial charge in [-0.15, -0.1) is 0 Å². The van der Waals surface area contributed by atoms with E-state index in [0.29, 0.717) is 28.8 Å². The Hall–Kier alpha value is -2.74. The van der Waals surface area contributed by atoms with Crippen LogP contribution in [-0.2, 0) is 9.59 Å². The Balaban J connectivity index is 1.49. The highest BCUT2D eigenvalue weighted by Gasteiger charge is 2.45. The van der Waals surface area contributed by atoms with E-state index >= 15 is 0 Å². The number of hydrogen-bond acceptors (Lipinski definition) is 6. The van der Waals surface area contributed by atoms with Crippen LogP contribution in [0.2, 0.25) is 0 Å². The molecule has 1 saturated heterocycles. The number of imide groups is 2. The molecule has 0 radical (unpaired) electrons. The molecule has 1 aromatic rings. The van der Waals surface area contributed by atoms with Crippen molar-refractivity contribution in [2.45, 2.75) is 50.6 Å². The topological polar surface area (TPSA) is 108 Å². The van der Waals surface area contributed by atoms with Crippen LogP contribution in [0.15, 0.2) is 18.2 Å². The molecule has 1 atom stereocenters. The minimum atomic E-state index is -0.940. The van der Waals surface area contributed by atoms with Gasteiger partial charge in [0.25, 0.3) is 11.8 Å². The highest BCUT2D eigenvalue weighted by atomic mass is 16.2. The Morgan fingerprint density at radius 2 is 1.79 bits per heavy atom. The van der Waals surface area contributed by atoms with Gasteiger partial charge in [0.2, 0.25) is 11.8 Å². The molecule has 0 spiro atoms. The van der Waals surface area contributed by atoms with Crippen LogP contribution >= 0.6 is 0 Å². The number of rotatable bonds is 5. The maximum absolute atomic E-state index is 13.1. The Morgan fingerprint density at radius 3 is 2.48 bits per heavy atom. The highest BCUT2D eigenvalue weighted by molar-refractivity contribution is 6.25. The monoisotopic (exact) mass is 398 g/mol. The van der Waals surface area contributed by atoms with Gasteiger partial charge in [-0.3, -0.25) is 29.4 Å². The van der Waals surface area contributed by atoms with Crippen molar-refractivity contribution in [1.29, 1.82) is 0 Å². The van der Waals surface area contributed by atoms with E-state index in [1.54, 1.807) is 18.2 Å². The molecule has 1 aliphatic carbocycles. The number of fused-ring (bicyclic) bond motifs is 1. The van der Waals surface area contributed by atoms with Gasteiger partial charge >= 0.3 is 0 Å². The van der Waals surface area contributed by atoms with E-state index in [-0.39, 0.29) is 18.7 Å². The summed E-state index contributed by atoms with van der Waals surface area (Å²) in [5.74, 6) is -1.39. The van der Waals surface area contributed by atoms with Crippen molar-refractivity contribution in [3.8, 4) is 0 Å². The summed E-state index contributed by atoms with van der Waals surface area (Å²) in [5.41, 5.74) is 1.26. The fourth-order valence-corrected chi connectivity index (χ4v) is 4.57. The second-order valence-electron chi connectivity index (χ2n) is 8.06. The first-order valence-electron chi connectivity index (χ1n) is 10.2. The zero-order chi connectivity index (χ0) is 20.5. The summed E-state index contributed by atoms with van der Waals surface area (Å²) >= 11 is 0. The molecule has 0 aromatic heterocycles. The molecule has 3 N–H and O–H groups in total. The summed E-state index contributed by atoms with van der Waals surface area (Å²) in [7, 11) is 1.99. The molecule has 0 bridgehead atoms. The van der Waals surface area contributed by atoms with E-state index < -0.39 is 23.8 Å². The van der Waals surface area contributed by atoms with Crippen molar-refractivity contribution in [3.05, 3.63) is 29.3 Å². The number of carbonyl (C=O) groups excluding carboxylic acids is 4. The predicted octanol–water partition coefficient (Wildman–Crippen LogP) is 1.28. The van der Waals surface area contributed by atoms with Crippen molar-refractivity contribution in [2.75, 3.05) is 18.9 Å². The lowest BCUT2D eigenvalue weighted by molar-refractivity contribution is -0.136. The summed E-state index contributed by atoms with van der Waals surface area (Å²) in [5, 5.41) is 8.91. The lowest BCUT2D eigenvalue weighted by atomic mass is 9.86. The molecule has 4 amide bonds. The second kappa shape index (κ2) is 7.94. The van der Waals surface area contributed by atoms with Crippen molar-refractivity contribution < 1.29 is 19.2 Å². The van der Waals surface area contributed by atoms with E-state index in [1.807, 2.05) is 7.05 Å². The lowest BCUT2D eigenvalue weighted by Gasteiger charge is -2.29. The van der Waals surface area contributed by atoms with Crippen LogP contribution in [0.5, 0.6) is 0 Å². The normalized spacial score (nSPS) is 27.1. The maximum Gasteiger partial charge on any atom is 0.264 e. The Labute approximate surface area is 169 Å².